The second-order valence-electron chi connectivity index (χ2n) is 5.54. The number of nitrogens with one attached hydrogen (secondary N) is 1. The lowest BCUT2D eigenvalue weighted by molar-refractivity contribution is 0.450. The van der Waals surface area contributed by atoms with E-state index in [0.717, 1.165) is 11.5 Å². The monoisotopic (exact) mass is 502 g/mol. The van der Waals surface area contributed by atoms with Crippen LogP contribution < -0.4 is 5.32 Å². The second kappa shape index (κ2) is 11.9. The van der Waals surface area contributed by atoms with Gasteiger partial charge in [0.1, 0.15) is 0 Å². The van der Waals surface area contributed by atoms with Crippen LogP contribution in [-0.2, 0) is 16.6 Å². The molecule has 1 N–H and O–H groups in total. The van der Waals surface area contributed by atoms with Crippen LogP contribution in [0, 0.1) is 0 Å². The fourth-order valence-corrected chi connectivity index (χ4v) is 3.29. The first-order valence-corrected chi connectivity index (χ1v) is 9.89. The molecule has 1 aromatic carbocycles. The van der Waals surface area contributed by atoms with E-state index in [-0.39, 0.29) is 29.7 Å². The molecule has 25 heavy (non-hydrogen) atoms. The van der Waals surface area contributed by atoms with Gasteiger partial charge in [-0.3, -0.25) is 4.99 Å². The molecule has 0 bridgehead atoms. The Labute approximate surface area is 173 Å². The minimum atomic E-state index is -3.11. The molecule has 9 heteroatoms. The average molecular weight is 503 g/mol. The SMILES string of the molecule is CCS(=O)(=O)N(C)CCCNC(=NC)N(C)Cc1cccc(Cl)c1.I. The molecule has 6 nitrogen and oxygen atoms in total. The zero-order valence-electron chi connectivity index (χ0n) is 15.2. The van der Waals surface area contributed by atoms with E-state index in [4.69, 9.17) is 11.6 Å². The van der Waals surface area contributed by atoms with Crippen molar-refractivity contribution in [2.24, 2.45) is 4.99 Å². The van der Waals surface area contributed by atoms with E-state index in [1.807, 2.05) is 36.2 Å². The van der Waals surface area contributed by atoms with Crippen molar-refractivity contribution in [3.05, 3.63) is 34.9 Å². The first-order valence-electron chi connectivity index (χ1n) is 7.90. The summed E-state index contributed by atoms with van der Waals surface area (Å²) in [4.78, 5) is 6.25. The molecule has 0 amide bonds. The van der Waals surface area contributed by atoms with Crippen molar-refractivity contribution in [1.82, 2.24) is 14.5 Å². The molecule has 0 aromatic heterocycles. The Hall–Kier alpha value is -0.580. The second-order valence-corrected chi connectivity index (χ2v) is 8.34. The summed E-state index contributed by atoms with van der Waals surface area (Å²) in [5.41, 5.74) is 1.10. The number of hydrogen-bond donors (Lipinski definition) is 1. The summed E-state index contributed by atoms with van der Waals surface area (Å²) in [5.74, 6) is 0.886. The number of guanidine groups is 1. The van der Waals surface area contributed by atoms with Crippen LogP contribution in [0.1, 0.15) is 18.9 Å². The van der Waals surface area contributed by atoms with Crippen LogP contribution in [-0.4, -0.2) is 63.6 Å². The molecule has 0 heterocycles. The lowest BCUT2D eigenvalue weighted by Crippen LogP contribution is -2.40. The van der Waals surface area contributed by atoms with Crippen LogP contribution >= 0.6 is 35.6 Å². The van der Waals surface area contributed by atoms with Crippen LogP contribution in [0.5, 0.6) is 0 Å². The molecule has 0 unspecified atom stereocenters. The number of sulfonamides is 1. The first-order chi connectivity index (χ1) is 11.3. The predicted octanol–water partition coefficient (Wildman–Crippen LogP) is 2.64. The van der Waals surface area contributed by atoms with Gasteiger partial charge in [-0.2, -0.15) is 0 Å². The van der Waals surface area contributed by atoms with Gasteiger partial charge in [0, 0.05) is 45.8 Å². The van der Waals surface area contributed by atoms with Crippen molar-refractivity contribution < 1.29 is 8.42 Å². The van der Waals surface area contributed by atoms with E-state index in [2.05, 4.69) is 10.3 Å². The smallest absolute Gasteiger partial charge is 0.213 e. The Morgan fingerprint density at radius 1 is 1.32 bits per heavy atom. The molecule has 0 atom stereocenters. The number of benzene rings is 1. The Morgan fingerprint density at radius 2 is 2.00 bits per heavy atom. The molecule has 0 aliphatic carbocycles. The third-order valence-electron chi connectivity index (χ3n) is 3.65. The zero-order chi connectivity index (χ0) is 18.2. The number of halogens is 2. The highest BCUT2D eigenvalue weighted by molar-refractivity contribution is 14.0. The van der Waals surface area contributed by atoms with Crippen molar-refractivity contribution in [2.45, 2.75) is 19.9 Å². The molecule has 1 aromatic rings. The zero-order valence-corrected chi connectivity index (χ0v) is 19.1. The fourth-order valence-electron chi connectivity index (χ4n) is 2.23. The molecular formula is C16H28ClIN4O2S. The molecule has 0 aliphatic heterocycles. The lowest BCUT2D eigenvalue weighted by atomic mass is 10.2. The van der Waals surface area contributed by atoms with E-state index in [1.165, 1.54) is 4.31 Å². The lowest BCUT2D eigenvalue weighted by Gasteiger charge is -2.23. The Kier molecular flexibility index (Phi) is 11.6. The Bertz CT molecular complexity index is 655. The van der Waals surface area contributed by atoms with E-state index in [1.54, 1.807) is 21.0 Å². The maximum absolute atomic E-state index is 11.7. The third kappa shape index (κ3) is 8.57. The van der Waals surface area contributed by atoms with Gasteiger partial charge in [0.2, 0.25) is 10.0 Å². The fraction of sp³-hybridized carbons (Fsp3) is 0.562. The normalized spacial score (nSPS) is 12.0. The van der Waals surface area contributed by atoms with Gasteiger partial charge >= 0.3 is 0 Å². The number of aliphatic imine (C=N–C) groups is 1. The molecule has 0 saturated heterocycles. The molecule has 0 spiro atoms. The first kappa shape index (κ1) is 24.4. The van der Waals surface area contributed by atoms with Gasteiger partial charge in [0.05, 0.1) is 5.75 Å². The topological polar surface area (TPSA) is 65.0 Å². The largest absolute Gasteiger partial charge is 0.356 e. The molecule has 144 valence electrons. The molecule has 0 radical (unpaired) electrons. The van der Waals surface area contributed by atoms with Gasteiger partial charge < -0.3 is 10.2 Å². The van der Waals surface area contributed by atoms with E-state index in [0.29, 0.717) is 31.1 Å². The van der Waals surface area contributed by atoms with E-state index < -0.39 is 10.0 Å². The Balaban J connectivity index is 0.00000576. The highest BCUT2D eigenvalue weighted by Crippen LogP contribution is 2.12. The highest BCUT2D eigenvalue weighted by Gasteiger charge is 2.14. The summed E-state index contributed by atoms with van der Waals surface area (Å²) in [6, 6.07) is 7.71. The summed E-state index contributed by atoms with van der Waals surface area (Å²) in [5, 5.41) is 3.96. The number of hydrogen-bond acceptors (Lipinski definition) is 3. The highest BCUT2D eigenvalue weighted by atomic mass is 127. The van der Waals surface area contributed by atoms with Gasteiger partial charge in [-0.1, -0.05) is 23.7 Å². The quantitative estimate of drug-likeness (QED) is 0.257. The van der Waals surface area contributed by atoms with E-state index in [9.17, 15) is 8.42 Å². The molecule has 1 rings (SSSR count). The molecule has 0 saturated carbocycles. The predicted molar refractivity (Wildman–Crippen MR) is 116 cm³/mol. The summed E-state index contributed by atoms with van der Waals surface area (Å²) in [6.07, 6.45) is 0.708. The van der Waals surface area contributed by atoms with Crippen LogP contribution in [0.15, 0.2) is 29.3 Å². The van der Waals surface area contributed by atoms with Gasteiger partial charge in [0.25, 0.3) is 0 Å². The standard InChI is InChI=1S/C16H27ClN4O2S.HI/c1-5-24(22,23)21(4)11-7-10-19-16(18-2)20(3)13-14-8-6-9-15(17)12-14;/h6,8-9,12H,5,7,10-11,13H2,1-4H3,(H,18,19);1H. The van der Waals surface area contributed by atoms with Crippen LogP contribution in [0.2, 0.25) is 5.02 Å². The summed E-state index contributed by atoms with van der Waals surface area (Å²) < 4.78 is 24.8. The summed E-state index contributed by atoms with van der Waals surface area (Å²) >= 11 is 6.00. The van der Waals surface area contributed by atoms with Crippen LogP contribution in [0.4, 0.5) is 0 Å². The van der Waals surface area contributed by atoms with Crippen molar-refractivity contribution in [3.63, 3.8) is 0 Å². The molecule has 0 fully saturated rings. The molecule has 0 aliphatic rings. The minimum Gasteiger partial charge on any atom is -0.356 e. The van der Waals surface area contributed by atoms with E-state index >= 15 is 0 Å². The average Bonchev–Trinajstić information content (AvgIpc) is 2.54. The van der Waals surface area contributed by atoms with Crippen LogP contribution in [0.25, 0.3) is 0 Å². The molecular weight excluding hydrogens is 475 g/mol. The van der Waals surface area contributed by atoms with Gasteiger partial charge in [-0.05, 0) is 31.0 Å². The van der Waals surface area contributed by atoms with Crippen molar-refractivity contribution in [2.75, 3.05) is 40.0 Å². The van der Waals surface area contributed by atoms with Crippen molar-refractivity contribution >= 4 is 51.6 Å². The summed E-state index contributed by atoms with van der Waals surface area (Å²) in [7, 11) is 2.17. The van der Waals surface area contributed by atoms with Crippen LogP contribution in [0.3, 0.4) is 0 Å². The minimum absolute atomic E-state index is 0. The van der Waals surface area contributed by atoms with Gasteiger partial charge in [-0.15, -0.1) is 24.0 Å². The van der Waals surface area contributed by atoms with Gasteiger partial charge in [0.15, 0.2) is 5.96 Å². The maximum atomic E-state index is 11.7. The van der Waals surface area contributed by atoms with Gasteiger partial charge in [-0.25, -0.2) is 12.7 Å². The third-order valence-corrected chi connectivity index (χ3v) is 5.75. The number of rotatable bonds is 8. The number of nitrogens with zero attached hydrogens (tertiary/aromatic N) is 3. The van der Waals surface area contributed by atoms with Crippen molar-refractivity contribution in [3.8, 4) is 0 Å². The summed E-state index contributed by atoms with van der Waals surface area (Å²) in [6.45, 7) is 3.47. The Morgan fingerprint density at radius 3 is 2.56 bits per heavy atom. The maximum Gasteiger partial charge on any atom is 0.213 e. The van der Waals surface area contributed by atoms with Crippen molar-refractivity contribution in [1.29, 1.82) is 0 Å².